The van der Waals surface area contributed by atoms with Crippen LogP contribution in [0.25, 0.3) is 5.70 Å². The van der Waals surface area contributed by atoms with E-state index in [1.807, 2.05) is 30.3 Å². The third-order valence-electron chi connectivity index (χ3n) is 4.26. The Balaban J connectivity index is 1.98. The first-order chi connectivity index (χ1) is 12.6. The van der Waals surface area contributed by atoms with Crippen LogP contribution < -0.4 is 5.32 Å². The number of anilines is 1. The Labute approximate surface area is 159 Å². The molecule has 0 bridgehead atoms. The number of hydrogen-bond donors (Lipinski definition) is 2. The van der Waals surface area contributed by atoms with Gasteiger partial charge in [0.2, 0.25) is 0 Å². The van der Waals surface area contributed by atoms with Gasteiger partial charge in [0.25, 0.3) is 0 Å². The lowest BCUT2D eigenvalue weighted by molar-refractivity contribution is -0.133. The summed E-state index contributed by atoms with van der Waals surface area (Å²) in [4.78, 5) is 12.2. The number of carboxylic acids is 1. The quantitative estimate of drug-likeness (QED) is 0.685. The fourth-order valence-corrected chi connectivity index (χ4v) is 3.43. The number of halogens is 2. The predicted molar refractivity (Wildman–Crippen MR) is 101 cm³/mol. The van der Waals surface area contributed by atoms with E-state index in [4.69, 9.17) is 23.2 Å². The average Bonchev–Trinajstić information content (AvgIpc) is 3.11. The number of rotatable bonds is 3. The smallest absolute Gasteiger partial charge is 0.336 e. The maximum atomic E-state index is 12.2. The van der Waals surface area contributed by atoms with E-state index in [2.05, 4.69) is 10.4 Å². The summed E-state index contributed by atoms with van der Waals surface area (Å²) >= 11 is 12.2. The molecule has 0 amide bonds. The maximum Gasteiger partial charge on any atom is 0.336 e. The van der Waals surface area contributed by atoms with E-state index < -0.39 is 12.0 Å². The second-order valence-electron chi connectivity index (χ2n) is 5.82. The highest BCUT2D eigenvalue weighted by Crippen LogP contribution is 2.40. The number of benzene rings is 2. The molecule has 2 N–H and O–H groups in total. The molecule has 26 heavy (non-hydrogen) atoms. The van der Waals surface area contributed by atoms with E-state index >= 15 is 0 Å². The van der Waals surface area contributed by atoms with Gasteiger partial charge < -0.3 is 10.4 Å². The molecule has 2 heterocycles. The van der Waals surface area contributed by atoms with Crippen molar-refractivity contribution in [1.29, 1.82) is 0 Å². The van der Waals surface area contributed by atoms with Crippen LogP contribution in [0, 0.1) is 0 Å². The van der Waals surface area contributed by atoms with Crippen molar-refractivity contribution in [2.24, 2.45) is 0 Å². The van der Waals surface area contributed by atoms with E-state index in [-0.39, 0.29) is 5.57 Å². The molecule has 0 aliphatic carbocycles. The predicted octanol–water partition coefficient (Wildman–Crippen LogP) is 4.70. The standard InChI is InChI=1S/C19H13Cl2N3O2/c20-13-7-6-12(10-14(13)21)18-16(19(25)26)17(11-4-2-1-3-5-11)23-15-8-9-22-24(15)18/h1-10,18,23H,(H,25,26). The van der Waals surface area contributed by atoms with Gasteiger partial charge in [-0.3, -0.25) is 0 Å². The number of nitrogens with zero attached hydrogens (tertiary/aromatic N) is 2. The fourth-order valence-electron chi connectivity index (χ4n) is 3.12. The van der Waals surface area contributed by atoms with Crippen molar-refractivity contribution in [3.8, 4) is 0 Å². The second kappa shape index (κ2) is 6.52. The molecule has 0 spiro atoms. The minimum Gasteiger partial charge on any atom is -0.478 e. The Kier molecular flexibility index (Phi) is 4.18. The fraction of sp³-hybridized carbons (Fsp3) is 0.0526. The van der Waals surface area contributed by atoms with Crippen molar-refractivity contribution in [2.45, 2.75) is 6.04 Å². The Morgan fingerprint density at radius 3 is 2.54 bits per heavy atom. The van der Waals surface area contributed by atoms with Gasteiger partial charge in [-0.15, -0.1) is 0 Å². The lowest BCUT2D eigenvalue weighted by Gasteiger charge is -2.29. The largest absolute Gasteiger partial charge is 0.478 e. The van der Waals surface area contributed by atoms with Gasteiger partial charge in [-0.2, -0.15) is 5.10 Å². The van der Waals surface area contributed by atoms with Crippen molar-refractivity contribution >= 4 is 40.7 Å². The Morgan fingerprint density at radius 2 is 1.85 bits per heavy atom. The van der Waals surface area contributed by atoms with Crippen molar-refractivity contribution in [3.63, 3.8) is 0 Å². The van der Waals surface area contributed by atoms with Gasteiger partial charge >= 0.3 is 5.97 Å². The van der Waals surface area contributed by atoms with Gasteiger partial charge in [0, 0.05) is 6.07 Å². The second-order valence-corrected chi connectivity index (χ2v) is 6.64. The van der Waals surface area contributed by atoms with Crippen LogP contribution in [-0.2, 0) is 4.79 Å². The Morgan fingerprint density at radius 1 is 1.08 bits per heavy atom. The first-order valence-corrected chi connectivity index (χ1v) is 8.60. The Bertz CT molecular complexity index is 1030. The van der Waals surface area contributed by atoms with Gasteiger partial charge in [0.1, 0.15) is 11.9 Å². The van der Waals surface area contributed by atoms with Crippen LogP contribution in [0.4, 0.5) is 5.82 Å². The van der Waals surface area contributed by atoms with Crippen LogP contribution in [-0.4, -0.2) is 20.9 Å². The first kappa shape index (κ1) is 16.7. The van der Waals surface area contributed by atoms with Crippen molar-refractivity contribution < 1.29 is 9.90 Å². The summed E-state index contributed by atoms with van der Waals surface area (Å²) in [5.74, 6) is -0.335. The maximum absolute atomic E-state index is 12.2. The minimum atomic E-state index is -1.03. The molecule has 0 fully saturated rings. The number of aliphatic carboxylic acids is 1. The molecule has 7 heteroatoms. The summed E-state index contributed by atoms with van der Waals surface area (Å²) < 4.78 is 1.63. The SMILES string of the molecule is O=C(O)C1=C(c2ccccc2)Nc2ccnn2C1c1ccc(Cl)c(Cl)c1. The summed E-state index contributed by atoms with van der Waals surface area (Å²) in [6.45, 7) is 0. The summed E-state index contributed by atoms with van der Waals surface area (Å²) in [5, 5.41) is 18.3. The van der Waals surface area contributed by atoms with Crippen LogP contribution in [0.2, 0.25) is 10.0 Å². The van der Waals surface area contributed by atoms with Crippen molar-refractivity contribution in [3.05, 3.63) is 87.5 Å². The molecule has 1 aromatic heterocycles. The lowest BCUT2D eigenvalue weighted by atomic mass is 9.93. The minimum absolute atomic E-state index is 0.186. The molecule has 4 rings (SSSR count). The molecule has 1 aliphatic rings. The molecule has 1 unspecified atom stereocenters. The van der Waals surface area contributed by atoms with Crippen LogP contribution >= 0.6 is 23.2 Å². The number of aromatic nitrogens is 2. The van der Waals surface area contributed by atoms with Gasteiger partial charge in [-0.1, -0.05) is 59.6 Å². The van der Waals surface area contributed by atoms with Gasteiger partial charge in [-0.05, 0) is 23.3 Å². The molecule has 0 saturated heterocycles. The number of carboxylic acid groups (broad SMARTS) is 1. The van der Waals surface area contributed by atoms with E-state index in [0.29, 0.717) is 27.1 Å². The molecular formula is C19H13Cl2N3O2. The number of carbonyl (C=O) groups is 1. The third kappa shape index (κ3) is 2.75. The number of fused-ring (bicyclic) bond motifs is 1. The van der Waals surface area contributed by atoms with E-state index in [1.165, 1.54) is 0 Å². The van der Waals surface area contributed by atoms with Crippen molar-refractivity contribution in [1.82, 2.24) is 9.78 Å². The van der Waals surface area contributed by atoms with E-state index in [9.17, 15) is 9.90 Å². The van der Waals surface area contributed by atoms with E-state index in [0.717, 1.165) is 5.56 Å². The molecule has 1 atom stereocenters. The van der Waals surface area contributed by atoms with Gasteiger partial charge in [0.05, 0.1) is 27.5 Å². The van der Waals surface area contributed by atoms with Gasteiger partial charge in [0.15, 0.2) is 0 Å². The molecule has 5 nitrogen and oxygen atoms in total. The molecular weight excluding hydrogens is 373 g/mol. The van der Waals surface area contributed by atoms with Gasteiger partial charge in [-0.25, -0.2) is 9.48 Å². The molecule has 1 aliphatic heterocycles. The molecule has 130 valence electrons. The first-order valence-electron chi connectivity index (χ1n) is 7.84. The summed E-state index contributed by atoms with van der Waals surface area (Å²) in [7, 11) is 0. The third-order valence-corrected chi connectivity index (χ3v) is 5.00. The summed E-state index contributed by atoms with van der Waals surface area (Å²) in [5.41, 5.74) is 2.19. The summed E-state index contributed by atoms with van der Waals surface area (Å²) in [6.07, 6.45) is 1.63. The summed E-state index contributed by atoms with van der Waals surface area (Å²) in [6, 6.07) is 15.6. The van der Waals surface area contributed by atoms with Crippen LogP contribution in [0.15, 0.2) is 66.4 Å². The number of hydrogen-bond acceptors (Lipinski definition) is 3. The van der Waals surface area contributed by atoms with Crippen LogP contribution in [0.1, 0.15) is 17.2 Å². The highest BCUT2D eigenvalue weighted by molar-refractivity contribution is 6.42. The number of nitrogens with one attached hydrogen (secondary N) is 1. The normalized spacial score (nSPS) is 16.2. The zero-order chi connectivity index (χ0) is 18.3. The van der Waals surface area contributed by atoms with Crippen molar-refractivity contribution in [2.75, 3.05) is 5.32 Å². The highest BCUT2D eigenvalue weighted by atomic mass is 35.5. The highest BCUT2D eigenvalue weighted by Gasteiger charge is 2.34. The Hall–Kier alpha value is -2.76. The van der Waals surface area contributed by atoms with Crippen LogP contribution in [0.3, 0.4) is 0 Å². The molecule has 0 saturated carbocycles. The zero-order valence-corrected chi connectivity index (χ0v) is 14.9. The monoisotopic (exact) mass is 385 g/mol. The molecule has 2 aromatic carbocycles. The average molecular weight is 386 g/mol. The van der Waals surface area contributed by atoms with Crippen LogP contribution in [0.5, 0.6) is 0 Å². The molecule has 0 radical (unpaired) electrons. The molecule has 3 aromatic rings. The topological polar surface area (TPSA) is 67.2 Å². The zero-order valence-electron chi connectivity index (χ0n) is 13.4. The lowest BCUT2D eigenvalue weighted by Crippen LogP contribution is -2.28. The van der Waals surface area contributed by atoms with E-state index in [1.54, 1.807) is 35.1 Å².